The summed E-state index contributed by atoms with van der Waals surface area (Å²) >= 11 is 0. The molecule has 1 unspecified atom stereocenters. The van der Waals surface area contributed by atoms with Crippen molar-refractivity contribution in [2.45, 2.75) is 25.3 Å². The number of nitrogens with one attached hydrogen (secondary N) is 1. The van der Waals surface area contributed by atoms with E-state index in [1.165, 1.54) is 0 Å². The third kappa shape index (κ3) is 4.57. The van der Waals surface area contributed by atoms with Gasteiger partial charge < -0.3 is 10.5 Å². The molecular weight excluding hydrogens is 204 g/mol. The van der Waals surface area contributed by atoms with Gasteiger partial charge in [0.1, 0.15) is 5.82 Å². The third-order valence-electron chi connectivity index (χ3n) is 2.46. The van der Waals surface area contributed by atoms with Gasteiger partial charge in [-0.15, -0.1) is 0 Å². The predicted octanol–water partition coefficient (Wildman–Crippen LogP) is 0.465. The summed E-state index contributed by atoms with van der Waals surface area (Å²) in [6.45, 7) is 0.761. The average Bonchev–Trinajstić information content (AvgIpc) is 2.28. The van der Waals surface area contributed by atoms with Crippen LogP contribution >= 0.6 is 0 Å². The molecule has 1 heterocycles. The number of ether oxygens (including phenoxy) is 1. The number of hydrogen-bond donors (Lipinski definition) is 3. The number of pyridine rings is 1. The molecule has 0 amide bonds. The van der Waals surface area contributed by atoms with Gasteiger partial charge in [0.25, 0.3) is 0 Å². The Hall–Kier alpha value is -1.17. The molecule has 5 N–H and O–H groups in total. The van der Waals surface area contributed by atoms with E-state index in [-0.39, 0.29) is 6.04 Å². The highest BCUT2D eigenvalue weighted by Crippen LogP contribution is 2.09. The van der Waals surface area contributed by atoms with Crippen LogP contribution in [0, 0.1) is 0 Å². The predicted molar refractivity (Wildman–Crippen MR) is 64.6 cm³/mol. The lowest BCUT2D eigenvalue weighted by Crippen LogP contribution is -2.36. The lowest BCUT2D eigenvalue weighted by Gasteiger charge is -2.15. The molecule has 0 aliphatic rings. The van der Waals surface area contributed by atoms with E-state index in [0.29, 0.717) is 5.82 Å². The van der Waals surface area contributed by atoms with Crippen molar-refractivity contribution in [3.8, 4) is 0 Å². The molecule has 1 rings (SSSR count). The average molecular weight is 224 g/mol. The molecule has 0 radical (unpaired) electrons. The van der Waals surface area contributed by atoms with Crippen molar-refractivity contribution in [3.05, 3.63) is 23.9 Å². The second-order valence-electron chi connectivity index (χ2n) is 3.79. The first-order valence-electron chi connectivity index (χ1n) is 5.41. The molecule has 0 saturated carbocycles. The van der Waals surface area contributed by atoms with Crippen molar-refractivity contribution in [2.75, 3.05) is 19.5 Å². The molecule has 0 fully saturated rings. The van der Waals surface area contributed by atoms with Crippen LogP contribution < -0.4 is 17.0 Å². The molecule has 0 aliphatic heterocycles. The highest BCUT2D eigenvalue weighted by atomic mass is 16.5. The maximum Gasteiger partial charge on any atom is 0.123 e. The third-order valence-corrected chi connectivity index (χ3v) is 2.46. The zero-order chi connectivity index (χ0) is 11.8. The normalized spacial score (nSPS) is 12.6. The monoisotopic (exact) mass is 224 g/mol. The number of hydrogen-bond acceptors (Lipinski definition) is 5. The van der Waals surface area contributed by atoms with Gasteiger partial charge in [0.2, 0.25) is 0 Å². The van der Waals surface area contributed by atoms with Crippen LogP contribution in [0.4, 0.5) is 5.82 Å². The summed E-state index contributed by atoms with van der Waals surface area (Å²) in [5.41, 5.74) is 9.57. The van der Waals surface area contributed by atoms with Crippen molar-refractivity contribution in [2.24, 2.45) is 5.84 Å². The maximum absolute atomic E-state index is 5.61. The molecule has 1 aromatic heterocycles. The fraction of sp³-hybridized carbons (Fsp3) is 0.545. The quantitative estimate of drug-likeness (QED) is 0.356. The van der Waals surface area contributed by atoms with Gasteiger partial charge in [-0.2, -0.15) is 0 Å². The van der Waals surface area contributed by atoms with Gasteiger partial charge in [0, 0.05) is 26.0 Å². The van der Waals surface area contributed by atoms with Gasteiger partial charge in [-0.1, -0.05) is 0 Å². The van der Waals surface area contributed by atoms with Gasteiger partial charge in [0.05, 0.1) is 0 Å². The topological polar surface area (TPSA) is 86.2 Å². The van der Waals surface area contributed by atoms with Crippen LogP contribution in [0.5, 0.6) is 0 Å². The van der Waals surface area contributed by atoms with Crippen molar-refractivity contribution >= 4 is 5.82 Å². The molecule has 0 aliphatic carbocycles. The maximum atomic E-state index is 5.61. The highest BCUT2D eigenvalue weighted by Gasteiger charge is 2.07. The molecule has 1 aromatic rings. The number of rotatable bonds is 7. The number of nitrogen functional groups attached to an aromatic ring is 1. The van der Waals surface area contributed by atoms with Gasteiger partial charge in [-0.25, -0.2) is 4.98 Å². The summed E-state index contributed by atoms with van der Waals surface area (Å²) in [5.74, 6) is 6.05. The van der Waals surface area contributed by atoms with Crippen LogP contribution in [0.1, 0.15) is 18.4 Å². The SMILES string of the molecule is COCCCC(Cc1ccnc(N)c1)NN. The summed E-state index contributed by atoms with van der Waals surface area (Å²) in [6.07, 6.45) is 4.54. The zero-order valence-corrected chi connectivity index (χ0v) is 9.65. The van der Waals surface area contributed by atoms with E-state index in [2.05, 4.69) is 10.4 Å². The Kier molecular flexibility index (Phi) is 5.77. The number of methoxy groups -OCH3 is 1. The smallest absolute Gasteiger partial charge is 0.123 e. The molecule has 0 aromatic carbocycles. The first kappa shape index (κ1) is 12.9. The van der Waals surface area contributed by atoms with Gasteiger partial charge >= 0.3 is 0 Å². The fourth-order valence-electron chi connectivity index (χ4n) is 1.62. The van der Waals surface area contributed by atoms with Crippen molar-refractivity contribution in [1.29, 1.82) is 0 Å². The minimum atomic E-state index is 0.247. The Balaban J connectivity index is 2.43. The Morgan fingerprint density at radius 2 is 2.38 bits per heavy atom. The van der Waals surface area contributed by atoms with Crippen molar-refractivity contribution in [3.63, 3.8) is 0 Å². The number of anilines is 1. The van der Waals surface area contributed by atoms with Crippen molar-refractivity contribution in [1.82, 2.24) is 10.4 Å². The van der Waals surface area contributed by atoms with Crippen LogP contribution in [0.15, 0.2) is 18.3 Å². The van der Waals surface area contributed by atoms with Crippen molar-refractivity contribution < 1.29 is 4.74 Å². The standard InChI is InChI=1S/C11H20N4O/c1-16-6-2-3-10(15-13)7-9-4-5-14-11(12)8-9/h4-5,8,10,15H,2-3,6-7,13H2,1H3,(H2,12,14). The van der Waals surface area contributed by atoms with Gasteiger partial charge in [0.15, 0.2) is 0 Å². The number of aromatic nitrogens is 1. The van der Waals surface area contributed by atoms with Crippen LogP contribution in [0.25, 0.3) is 0 Å². The molecule has 0 spiro atoms. The molecule has 0 bridgehead atoms. The molecule has 1 atom stereocenters. The molecule has 16 heavy (non-hydrogen) atoms. The lowest BCUT2D eigenvalue weighted by atomic mass is 10.0. The molecule has 90 valence electrons. The highest BCUT2D eigenvalue weighted by molar-refractivity contribution is 5.32. The Morgan fingerprint density at radius 1 is 1.56 bits per heavy atom. The van der Waals surface area contributed by atoms with Gasteiger partial charge in [-0.3, -0.25) is 11.3 Å². The number of nitrogens with two attached hydrogens (primary N) is 2. The van der Waals surface area contributed by atoms with E-state index in [9.17, 15) is 0 Å². The second kappa shape index (κ2) is 7.16. The summed E-state index contributed by atoms with van der Waals surface area (Å²) in [5, 5.41) is 0. The molecule has 0 saturated heterocycles. The van der Waals surface area contributed by atoms with E-state index in [0.717, 1.165) is 31.4 Å². The van der Waals surface area contributed by atoms with E-state index in [1.807, 2.05) is 12.1 Å². The van der Waals surface area contributed by atoms with Crippen LogP contribution in [0.2, 0.25) is 0 Å². The van der Waals surface area contributed by atoms with Gasteiger partial charge in [-0.05, 0) is 37.0 Å². The largest absolute Gasteiger partial charge is 0.385 e. The lowest BCUT2D eigenvalue weighted by molar-refractivity contribution is 0.188. The first-order valence-corrected chi connectivity index (χ1v) is 5.41. The number of nitrogens with zero attached hydrogens (tertiary/aromatic N) is 1. The van der Waals surface area contributed by atoms with Crippen LogP contribution in [-0.4, -0.2) is 24.7 Å². The summed E-state index contributed by atoms with van der Waals surface area (Å²) in [7, 11) is 1.70. The van der Waals surface area contributed by atoms with E-state index >= 15 is 0 Å². The summed E-state index contributed by atoms with van der Waals surface area (Å²) in [4.78, 5) is 3.95. The van der Waals surface area contributed by atoms with E-state index < -0.39 is 0 Å². The van der Waals surface area contributed by atoms with Crippen LogP contribution in [-0.2, 0) is 11.2 Å². The molecular formula is C11H20N4O. The van der Waals surface area contributed by atoms with E-state index in [1.54, 1.807) is 13.3 Å². The summed E-state index contributed by atoms with van der Waals surface area (Å²) < 4.78 is 5.01. The van der Waals surface area contributed by atoms with E-state index in [4.69, 9.17) is 16.3 Å². The first-order chi connectivity index (χ1) is 7.76. The number of hydrazine groups is 1. The molecule has 5 heteroatoms. The fourth-order valence-corrected chi connectivity index (χ4v) is 1.62. The minimum absolute atomic E-state index is 0.247. The summed E-state index contributed by atoms with van der Waals surface area (Å²) in [6, 6.07) is 4.08. The Morgan fingerprint density at radius 3 is 3.00 bits per heavy atom. The Bertz CT molecular complexity index is 306. The zero-order valence-electron chi connectivity index (χ0n) is 9.65. The minimum Gasteiger partial charge on any atom is -0.385 e. The molecule has 5 nitrogen and oxygen atoms in total. The second-order valence-corrected chi connectivity index (χ2v) is 3.79. The Labute approximate surface area is 96.2 Å². The van der Waals surface area contributed by atoms with Crippen LogP contribution in [0.3, 0.4) is 0 Å².